The first-order chi connectivity index (χ1) is 13.1. The Morgan fingerprint density at radius 2 is 1.96 bits per heavy atom. The summed E-state index contributed by atoms with van der Waals surface area (Å²) in [5.74, 6) is -0.0740. The highest BCUT2D eigenvalue weighted by Crippen LogP contribution is 2.25. The number of aromatic nitrogens is 3. The predicted octanol–water partition coefficient (Wildman–Crippen LogP) is 4.65. The highest BCUT2D eigenvalue weighted by molar-refractivity contribution is 7.99. The number of allylic oxidation sites excluding steroid dienone is 1. The summed E-state index contributed by atoms with van der Waals surface area (Å²) < 4.78 is 15.5. The van der Waals surface area contributed by atoms with E-state index < -0.39 is 5.82 Å². The summed E-state index contributed by atoms with van der Waals surface area (Å²) in [5, 5.41) is 12.1. The second-order valence-corrected chi connectivity index (χ2v) is 6.91. The topological polar surface area (TPSA) is 59.8 Å². The van der Waals surface area contributed by atoms with Crippen LogP contribution in [0.1, 0.15) is 0 Å². The van der Waals surface area contributed by atoms with Crippen LogP contribution in [0, 0.1) is 5.82 Å². The van der Waals surface area contributed by atoms with Crippen molar-refractivity contribution < 1.29 is 9.18 Å². The average molecular weight is 403 g/mol. The number of benzene rings is 2. The van der Waals surface area contributed by atoms with Gasteiger partial charge in [-0.2, -0.15) is 0 Å². The number of halogens is 2. The Hall–Kier alpha value is -2.64. The SMILES string of the molecule is C=CCn1c(SCC(=O)Nc2ccccc2F)nnc1-c1ccc(Cl)cc1. The standard InChI is InChI=1S/C19H16ClFN4OS/c1-2-11-25-18(13-7-9-14(20)10-8-13)23-24-19(25)27-12-17(26)22-16-6-4-3-5-15(16)21/h2-10H,1,11-12H2,(H,22,26). The Morgan fingerprint density at radius 3 is 2.67 bits per heavy atom. The normalized spacial score (nSPS) is 10.6. The molecule has 0 fully saturated rings. The van der Waals surface area contributed by atoms with Gasteiger partial charge in [-0.15, -0.1) is 16.8 Å². The molecule has 0 saturated carbocycles. The van der Waals surface area contributed by atoms with Crippen molar-refractivity contribution >= 4 is 35.0 Å². The molecule has 0 saturated heterocycles. The van der Waals surface area contributed by atoms with E-state index in [1.54, 1.807) is 30.3 Å². The van der Waals surface area contributed by atoms with Gasteiger partial charge in [0.1, 0.15) is 5.82 Å². The van der Waals surface area contributed by atoms with Crippen molar-refractivity contribution in [3.63, 3.8) is 0 Å². The van der Waals surface area contributed by atoms with Crippen LogP contribution in [0.5, 0.6) is 0 Å². The minimum Gasteiger partial charge on any atom is -0.323 e. The van der Waals surface area contributed by atoms with E-state index in [1.165, 1.54) is 23.9 Å². The lowest BCUT2D eigenvalue weighted by molar-refractivity contribution is -0.113. The van der Waals surface area contributed by atoms with Crippen LogP contribution in [0.25, 0.3) is 11.4 Å². The van der Waals surface area contributed by atoms with Gasteiger partial charge in [-0.25, -0.2) is 4.39 Å². The fourth-order valence-corrected chi connectivity index (χ4v) is 3.25. The monoisotopic (exact) mass is 402 g/mol. The minimum absolute atomic E-state index is 0.0736. The van der Waals surface area contributed by atoms with Gasteiger partial charge in [-0.3, -0.25) is 9.36 Å². The number of carbonyl (C=O) groups is 1. The molecule has 1 N–H and O–H groups in total. The second-order valence-electron chi connectivity index (χ2n) is 5.53. The zero-order valence-corrected chi connectivity index (χ0v) is 15.8. The van der Waals surface area contributed by atoms with Gasteiger partial charge in [0.2, 0.25) is 5.91 Å². The molecule has 5 nitrogen and oxygen atoms in total. The Morgan fingerprint density at radius 1 is 1.22 bits per heavy atom. The fourth-order valence-electron chi connectivity index (χ4n) is 2.38. The minimum atomic E-state index is -0.476. The Balaban J connectivity index is 1.73. The van der Waals surface area contributed by atoms with E-state index in [0.717, 1.165) is 5.56 Å². The quantitative estimate of drug-likeness (QED) is 0.461. The maximum absolute atomic E-state index is 13.6. The number of carbonyl (C=O) groups excluding carboxylic acids is 1. The zero-order valence-electron chi connectivity index (χ0n) is 14.2. The van der Waals surface area contributed by atoms with Crippen LogP contribution in [0.15, 0.2) is 66.3 Å². The lowest BCUT2D eigenvalue weighted by Gasteiger charge is -2.08. The van der Waals surface area contributed by atoms with Gasteiger partial charge < -0.3 is 5.32 Å². The number of nitrogens with one attached hydrogen (secondary N) is 1. The van der Waals surface area contributed by atoms with E-state index in [0.29, 0.717) is 22.5 Å². The molecule has 2 aromatic carbocycles. The molecule has 0 spiro atoms. The van der Waals surface area contributed by atoms with Crippen molar-refractivity contribution in [1.29, 1.82) is 0 Å². The van der Waals surface area contributed by atoms with Gasteiger partial charge in [0, 0.05) is 17.1 Å². The van der Waals surface area contributed by atoms with Crippen LogP contribution >= 0.6 is 23.4 Å². The van der Waals surface area contributed by atoms with Crippen molar-refractivity contribution in [1.82, 2.24) is 14.8 Å². The third kappa shape index (κ3) is 4.75. The third-order valence-corrected chi connectivity index (χ3v) is 4.83. The van der Waals surface area contributed by atoms with Gasteiger partial charge in [-0.05, 0) is 36.4 Å². The van der Waals surface area contributed by atoms with Crippen LogP contribution < -0.4 is 5.32 Å². The molecule has 0 radical (unpaired) electrons. The van der Waals surface area contributed by atoms with Crippen molar-refractivity contribution in [3.8, 4) is 11.4 Å². The number of hydrogen-bond acceptors (Lipinski definition) is 4. The molecular weight excluding hydrogens is 387 g/mol. The molecule has 0 unspecified atom stereocenters. The van der Waals surface area contributed by atoms with E-state index in [9.17, 15) is 9.18 Å². The molecule has 1 heterocycles. The Bertz CT molecular complexity index is 959. The molecule has 8 heteroatoms. The van der Waals surface area contributed by atoms with Gasteiger partial charge in [0.05, 0.1) is 11.4 Å². The van der Waals surface area contributed by atoms with Crippen LogP contribution in [-0.4, -0.2) is 26.4 Å². The first-order valence-corrected chi connectivity index (χ1v) is 9.42. The fraction of sp³-hybridized carbons (Fsp3) is 0.105. The predicted molar refractivity (Wildman–Crippen MR) is 106 cm³/mol. The molecule has 0 aliphatic carbocycles. The molecule has 0 bridgehead atoms. The number of hydrogen-bond donors (Lipinski definition) is 1. The van der Waals surface area contributed by atoms with Crippen molar-refractivity contribution in [2.75, 3.05) is 11.1 Å². The van der Waals surface area contributed by atoms with Gasteiger partial charge in [0.15, 0.2) is 11.0 Å². The summed E-state index contributed by atoms with van der Waals surface area (Å²) in [7, 11) is 0. The maximum Gasteiger partial charge on any atom is 0.234 e. The first-order valence-electron chi connectivity index (χ1n) is 8.05. The number of amides is 1. The van der Waals surface area contributed by atoms with Gasteiger partial charge in [0.25, 0.3) is 0 Å². The molecule has 3 aromatic rings. The largest absolute Gasteiger partial charge is 0.323 e. The molecule has 0 aliphatic heterocycles. The average Bonchev–Trinajstić information content (AvgIpc) is 3.06. The lowest BCUT2D eigenvalue weighted by atomic mass is 10.2. The summed E-state index contributed by atoms with van der Waals surface area (Å²) in [4.78, 5) is 12.1. The van der Waals surface area contributed by atoms with Gasteiger partial charge >= 0.3 is 0 Å². The smallest absolute Gasteiger partial charge is 0.234 e. The zero-order chi connectivity index (χ0) is 19.2. The Labute approximate surface area is 165 Å². The van der Waals surface area contributed by atoms with E-state index in [1.807, 2.05) is 16.7 Å². The van der Waals surface area contributed by atoms with Crippen molar-refractivity contribution in [3.05, 3.63) is 72.0 Å². The van der Waals surface area contributed by atoms with Gasteiger partial charge in [-0.1, -0.05) is 41.6 Å². The second kappa shape index (κ2) is 8.83. The number of anilines is 1. The summed E-state index contributed by atoms with van der Waals surface area (Å²) in [5.41, 5.74) is 1.01. The molecule has 138 valence electrons. The maximum atomic E-state index is 13.6. The number of rotatable bonds is 7. The molecule has 0 aliphatic rings. The van der Waals surface area contributed by atoms with E-state index in [2.05, 4.69) is 22.1 Å². The van der Waals surface area contributed by atoms with Crippen molar-refractivity contribution in [2.24, 2.45) is 0 Å². The number of thioether (sulfide) groups is 1. The van der Waals surface area contributed by atoms with Crippen LogP contribution in [0.2, 0.25) is 5.02 Å². The van der Waals surface area contributed by atoms with Crippen LogP contribution in [0.3, 0.4) is 0 Å². The molecular formula is C19H16ClFN4OS. The lowest BCUT2D eigenvalue weighted by Crippen LogP contribution is -2.15. The van der Waals surface area contributed by atoms with Crippen LogP contribution in [0.4, 0.5) is 10.1 Å². The highest BCUT2D eigenvalue weighted by Gasteiger charge is 2.15. The highest BCUT2D eigenvalue weighted by atomic mass is 35.5. The molecule has 3 rings (SSSR count). The molecule has 0 atom stereocenters. The van der Waals surface area contributed by atoms with E-state index in [4.69, 9.17) is 11.6 Å². The summed E-state index contributed by atoms with van der Waals surface area (Å²) >= 11 is 7.15. The van der Waals surface area contributed by atoms with E-state index in [-0.39, 0.29) is 17.3 Å². The molecule has 1 amide bonds. The summed E-state index contributed by atoms with van der Waals surface area (Å²) in [6, 6.07) is 13.3. The first kappa shape index (κ1) is 19.1. The number of nitrogens with zero attached hydrogens (tertiary/aromatic N) is 3. The molecule has 27 heavy (non-hydrogen) atoms. The van der Waals surface area contributed by atoms with E-state index >= 15 is 0 Å². The van der Waals surface area contributed by atoms with Crippen LogP contribution in [-0.2, 0) is 11.3 Å². The molecule has 1 aromatic heterocycles. The van der Waals surface area contributed by atoms with Crippen molar-refractivity contribution in [2.45, 2.75) is 11.7 Å². The summed E-state index contributed by atoms with van der Waals surface area (Å²) in [6.45, 7) is 4.25. The third-order valence-electron chi connectivity index (χ3n) is 3.61. The summed E-state index contributed by atoms with van der Waals surface area (Å²) in [6.07, 6.45) is 1.73. The number of para-hydroxylation sites is 1. The Kier molecular flexibility index (Phi) is 6.26.